The fourth-order valence-electron chi connectivity index (χ4n) is 4.04. The maximum atomic E-state index is 12.8. The lowest BCUT2D eigenvalue weighted by Crippen LogP contribution is -2.47. The number of sulfone groups is 1. The highest BCUT2D eigenvalue weighted by atomic mass is 32.2. The van der Waals surface area contributed by atoms with Crippen molar-refractivity contribution in [1.82, 2.24) is 4.90 Å². The molecule has 0 N–H and O–H groups in total. The van der Waals surface area contributed by atoms with Crippen LogP contribution in [0, 0.1) is 0 Å². The van der Waals surface area contributed by atoms with Gasteiger partial charge in [-0.3, -0.25) is 0 Å². The van der Waals surface area contributed by atoms with Crippen molar-refractivity contribution in [2.24, 2.45) is 0 Å². The predicted molar refractivity (Wildman–Crippen MR) is 98.2 cm³/mol. The monoisotopic (exact) mass is 371 g/mol. The second-order valence-corrected chi connectivity index (χ2v) is 9.24. The summed E-state index contributed by atoms with van der Waals surface area (Å²) in [5, 5.41) is 0. The van der Waals surface area contributed by atoms with Gasteiger partial charge < -0.3 is 9.64 Å². The second-order valence-electron chi connectivity index (χ2n) is 6.94. The van der Waals surface area contributed by atoms with Crippen LogP contribution in [0.4, 0.5) is 4.79 Å². The molecule has 0 bridgehead atoms. The van der Waals surface area contributed by atoms with Crippen LogP contribution in [0.3, 0.4) is 0 Å². The lowest BCUT2D eigenvalue weighted by atomic mass is 9.86. The van der Waals surface area contributed by atoms with Gasteiger partial charge in [0, 0.05) is 13.1 Å². The minimum Gasteiger partial charge on any atom is -0.445 e. The smallest absolute Gasteiger partial charge is 0.410 e. The zero-order chi connectivity index (χ0) is 18.2. The first-order chi connectivity index (χ1) is 12.5. The molecule has 2 aliphatic rings. The number of fused-ring (bicyclic) bond motifs is 2. The van der Waals surface area contributed by atoms with Crippen molar-refractivity contribution < 1.29 is 17.9 Å². The van der Waals surface area contributed by atoms with Crippen LogP contribution in [0.15, 0.2) is 54.6 Å². The third-order valence-corrected chi connectivity index (χ3v) is 7.99. The molecule has 2 aromatic carbocycles. The van der Waals surface area contributed by atoms with Gasteiger partial charge >= 0.3 is 6.09 Å². The van der Waals surface area contributed by atoms with Gasteiger partial charge in [0.2, 0.25) is 0 Å². The van der Waals surface area contributed by atoms with Gasteiger partial charge in [0.25, 0.3) is 0 Å². The number of benzene rings is 2. The molecule has 0 unspecified atom stereocenters. The highest BCUT2D eigenvalue weighted by Crippen LogP contribution is 2.48. The molecule has 1 fully saturated rings. The number of rotatable bonds is 2. The van der Waals surface area contributed by atoms with Gasteiger partial charge in [-0.05, 0) is 29.5 Å². The van der Waals surface area contributed by atoms with Crippen LogP contribution in [-0.2, 0) is 31.7 Å². The molecule has 2 aliphatic heterocycles. The van der Waals surface area contributed by atoms with Gasteiger partial charge in [0.1, 0.15) is 11.4 Å². The molecule has 2 heterocycles. The molecule has 1 amide bonds. The Balaban J connectivity index is 1.45. The average Bonchev–Trinajstić information content (AvgIpc) is 2.88. The summed E-state index contributed by atoms with van der Waals surface area (Å²) in [6, 6.07) is 17.1. The number of hydrogen-bond acceptors (Lipinski definition) is 4. The first-order valence-corrected chi connectivity index (χ1v) is 10.4. The Morgan fingerprint density at radius 2 is 1.65 bits per heavy atom. The largest absolute Gasteiger partial charge is 0.445 e. The fraction of sp³-hybridized carbons (Fsp3) is 0.350. The minimum absolute atomic E-state index is 0.0988. The first kappa shape index (κ1) is 17.1. The van der Waals surface area contributed by atoms with Crippen molar-refractivity contribution in [3.8, 4) is 0 Å². The molecule has 0 atom stereocenters. The van der Waals surface area contributed by atoms with E-state index in [-0.39, 0.29) is 18.5 Å². The SMILES string of the molecule is O=C(OCc1ccccc1)N1CCC2(CC1)c1ccccc1CS2(=O)=O. The molecular weight excluding hydrogens is 350 g/mol. The van der Waals surface area contributed by atoms with Gasteiger partial charge in [-0.2, -0.15) is 0 Å². The molecule has 0 saturated carbocycles. The molecule has 136 valence electrons. The van der Waals surface area contributed by atoms with E-state index in [0.717, 1.165) is 16.7 Å². The molecule has 1 saturated heterocycles. The summed E-state index contributed by atoms with van der Waals surface area (Å²) in [6.07, 6.45) is 0.465. The van der Waals surface area contributed by atoms with Gasteiger partial charge in [-0.25, -0.2) is 13.2 Å². The van der Waals surface area contributed by atoms with Crippen LogP contribution in [-0.4, -0.2) is 32.5 Å². The van der Waals surface area contributed by atoms with Crippen LogP contribution in [0.1, 0.15) is 29.5 Å². The number of ether oxygens (including phenoxy) is 1. The highest BCUT2D eigenvalue weighted by molar-refractivity contribution is 7.92. The Labute approximate surface area is 153 Å². The molecular formula is C20H21NO4S. The van der Waals surface area contributed by atoms with Gasteiger partial charge in [0.15, 0.2) is 9.84 Å². The summed E-state index contributed by atoms with van der Waals surface area (Å²) in [5.74, 6) is 0.0988. The topological polar surface area (TPSA) is 63.7 Å². The van der Waals surface area contributed by atoms with Crippen molar-refractivity contribution in [1.29, 1.82) is 0 Å². The number of likely N-dealkylation sites (tertiary alicyclic amines) is 1. The van der Waals surface area contributed by atoms with Crippen molar-refractivity contribution in [2.45, 2.75) is 29.9 Å². The van der Waals surface area contributed by atoms with Crippen LogP contribution in [0.25, 0.3) is 0 Å². The van der Waals surface area contributed by atoms with Crippen molar-refractivity contribution in [2.75, 3.05) is 13.1 Å². The Morgan fingerprint density at radius 1 is 1.00 bits per heavy atom. The van der Waals surface area contributed by atoms with Gasteiger partial charge in [-0.15, -0.1) is 0 Å². The molecule has 0 aliphatic carbocycles. The van der Waals surface area contributed by atoms with E-state index in [1.807, 2.05) is 54.6 Å². The lowest BCUT2D eigenvalue weighted by molar-refractivity contribution is 0.0844. The minimum atomic E-state index is -3.25. The molecule has 0 radical (unpaired) electrons. The summed E-state index contributed by atoms with van der Waals surface area (Å²) in [5.41, 5.74) is 2.74. The van der Waals surface area contributed by atoms with E-state index in [1.165, 1.54) is 0 Å². The molecule has 0 aromatic heterocycles. The van der Waals surface area contributed by atoms with Crippen LogP contribution < -0.4 is 0 Å². The number of amides is 1. The number of carbonyl (C=O) groups is 1. The van der Waals surface area contributed by atoms with E-state index in [2.05, 4.69) is 0 Å². The van der Waals surface area contributed by atoms with E-state index < -0.39 is 14.6 Å². The standard InChI is InChI=1S/C20H21NO4S/c22-19(25-14-16-6-2-1-3-7-16)21-12-10-20(11-13-21)18-9-5-4-8-17(18)15-26(20,23)24/h1-9H,10-15H2. The molecule has 4 rings (SSSR count). The molecule has 2 aromatic rings. The van der Waals surface area contributed by atoms with Gasteiger partial charge in [-0.1, -0.05) is 54.6 Å². The summed E-state index contributed by atoms with van der Waals surface area (Å²) in [6.45, 7) is 1.00. The second kappa shape index (κ2) is 6.43. The van der Waals surface area contributed by atoms with E-state index >= 15 is 0 Å². The Bertz CT molecular complexity index is 916. The molecule has 5 nitrogen and oxygen atoms in total. The normalized spacial score (nSPS) is 19.9. The molecule has 26 heavy (non-hydrogen) atoms. The third kappa shape index (κ3) is 2.78. The van der Waals surface area contributed by atoms with Gasteiger partial charge in [0.05, 0.1) is 5.75 Å². The van der Waals surface area contributed by atoms with Crippen LogP contribution >= 0.6 is 0 Å². The Morgan fingerprint density at radius 3 is 2.38 bits per heavy atom. The molecule has 6 heteroatoms. The maximum absolute atomic E-state index is 12.8. The lowest BCUT2D eigenvalue weighted by Gasteiger charge is -2.38. The zero-order valence-electron chi connectivity index (χ0n) is 14.4. The summed E-state index contributed by atoms with van der Waals surface area (Å²) >= 11 is 0. The summed E-state index contributed by atoms with van der Waals surface area (Å²) in [7, 11) is -3.25. The maximum Gasteiger partial charge on any atom is 0.410 e. The number of nitrogens with zero attached hydrogens (tertiary/aromatic N) is 1. The quantitative estimate of drug-likeness (QED) is 0.813. The molecule has 1 spiro atoms. The Kier molecular flexibility index (Phi) is 4.23. The van der Waals surface area contributed by atoms with Crippen LogP contribution in [0.2, 0.25) is 0 Å². The van der Waals surface area contributed by atoms with Crippen molar-refractivity contribution >= 4 is 15.9 Å². The fourth-order valence-corrected chi connectivity index (χ4v) is 6.32. The number of hydrogen-bond donors (Lipinski definition) is 0. The predicted octanol–water partition coefficient (Wildman–Crippen LogP) is 3.24. The van der Waals surface area contributed by atoms with E-state index in [4.69, 9.17) is 4.74 Å². The number of carbonyl (C=O) groups excluding carboxylic acids is 1. The summed E-state index contributed by atoms with van der Waals surface area (Å²) < 4.78 is 30.2. The highest BCUT2D eigenvalue weighted by Gasteiger charge is 2.53. The van der Waals surface area contributed by atoms with Crippen molar-refractivity contribution in [3.05, 3.63) is 71.3 Å². The van der Waals surface area contributed by atoms with Crippen LogP contribution in [0.5, 0.6) is 0 Å². The summed E-state index contributed by atoms with van der Waals surface area (Å²) in [4.78, 5) is 14.0. The van der Waals surface area contributed by atoms with E-state index in [9.17, 15) is 13.2 Å². The van der Waals surface area contributed by atoms with E-state index in [1.54, 1.807) is 4.90 Å². The van der Waals surface area contributed by atoms with E-state index in [0.29, 0.717) is 25.9 Å². The number of piperidine rings is 1. The third-order valence-electron chi connectivity index (χ3n) is 5.48. The average molecular weight is 371 g/mol. The first-order valence-electron chi connectivity index (χ1n) is 8.78. The zero-order valence-corrected chi connectivity index (χ0v) is 15.2. The Hall–Kier alpha value is -2.34. The van der Waals surface area contributed by atoms with Crippen molar-refractivity contribution in [3.63, 3.8) is 0 Å².